The normalized spacial score (nSPS) is 16.2. The number of hydrogen-bond donors (Lipinski definition) is 1. The Kier molecular flexibility index (Phi) is 5.41. The first kappa shape index (κ1) is 13.8. The van der Waals surface area contributed by atoms with Gasteiger partial charge in [0, 0.05) is 31.6 Å². The predicted molar refractivity (Wildman–Crippen MR) is 76.3 cm³/mol. The Morgan fingerprint density at radius 2 is 2.11 bits per heavy atom. The summed E-state index contributed by atoms with van der Waals surface area (Å²) in [6.45, 7) is 6.94. The first-order chi connectivity index (χ1) is 8.85. The quantitative estimate of drug-likeness (QED) is 0.860. The van der Waals surface area contributed by atoms with E-state index >= 15 is 0 Å². The molecule has 0 bridgehead atoms. The Morgan fingerprint density at radius 1 is 1.33 bits per heavy atom. The minimum atomic E-state index is 0.616. The van der Waals surface area contributed by atoms with Crippen molar-refractivity contribution in [3.63, 3.8) is 0 Å². The zero-order chi connectivity index (χ0) is 12.8. The zero-order valence-corrected chi connectivity index (χ0v) is 12.2. The van der Waals surface area contributed by atoms with Crippen LogP contribution in [-0.2, 0) is 17.9 Å². The summed E-state index contributed by atoms with van der Waals surface area (Å²) in [4.78, 5) is 8.49. The fraction of sp³-hybridized carbons (Fsp3) is 0.769. The molecule has 2 heterocycles. The lowest BCUT2D eigenvalue weighted by molar-refractivity contribution is 0.181. The third-order valence-electron chi connectivity index (χ3n) is 3.21. The highest BCUT2D eigenvalue weighted by atomic mass is 32.1. The molecule has 1 saturated heterocycles. The number of piperidine rings is 1. The number of thiazole rings is 1. The highest BCUT2D eigenvalue weighted by Gasteiger charge is 2.17. The molecule has 1 N–H and O–H groups in total. The molecule has 0 radical (unpaired) electrons. The predicted octanol–water partition coefficient (Wildman–Crippen LogP) is 2.39. The second kappa shape index (κ2) is 7.07. The highest BCUT2D eigenvalue weighted by molar-refractivity contribution is 7.15. The van der Waals surface area contributed by atoms with Crippen molar-refractivity contribution in [1.82, 2.24) is 10.3 Å². The number of nitrogens with zero attached hydrogens (tertiary/aromatic N) is 2. The van der Waals surface area contributed by atoms with E-state index in [1.165, 1.54) is 29.3 Å². The molecule has 0 amide bonds. The molecule has 1 aliphatic rings. The molecular formula is C13H23N3OS. The van der Waals surface area contributed by atoms with Gasteiger partial charge in [0.1, 0.15) is 0 Å². The van der Waals surface area contributed by atoms with Crippen LogP contribution >= 0.6 is 11.3 Å². The maximum Gasteiger partial charge on any atom is 0.185 e. The van der Waals surface area contributed by atoms with E-state index < -0.39 is 0 Å². The minimum Gasteiger partial charge on any atom is -0.378 e. The van der Waals surface area contributed by atoms with Crippen LogP contribution in [0.2, 0.25) is 0 Å². The molecule has 0 aromatic carbocycles. The van der Waals surface area contributed by atoms with Crippen LogP contribution in [0.15, 0.2) is 0 Å². The van der Waals surface area contributed by atoms with Gasteiger partial charge in [-0.05, 0) is 25.8 Å². The van der Waals surface area contributed by atoms with Crippen LogP contribution in [0.3, 0.4) is 0 Å². The smallest absolute Gasteiger partial charge is 0.185 e. The minimum absolute atomic E-state index is 0.616. The van der Waals surface area contributed by atoms with E-state index in [0.29, 0.717) is 6.61 Å². The Hall–Kier alpha value is -0.650. The van der Waals surface area contributed by atoms with Gasteiger partial charge in [0.25, 0.3) is 0 Å². The van der Waals surface area contributed by atoms with Crippen LogP contribution < -0.4 is 10.2 Å². The molecular weight excluding hydrogens is 246 g/mol. The van der Waals surface area contributed by atoms with Crippen LogP contribution in [0.5, 0.6) is 0 Å². The summed E-state index contributed by atoms with van der Waals surface area (Å²) >= 11 is 1.82. The average Bonchev–Trinajstić information content (AvgIpc) is 2.81. The summed E-state index contributed by atoms with van der Waals surface area (Å²) in [6.07, 6.45) is 3.94. The summed E-state index contributed by atoms with van der Waals surface area (Å²) in [5, 5.41) is 4.55. The molecule has 102 valence electrons. The van der Waals surface area contributed by atoms with Crippen molar-refractivity contribution in [3.05, 3.63) is 10.6 Å². The molecule has 1 aromatic heterocycles. The lowest BCUT2D eigenvalue weighted by atomic mass is 10.1. The maximum atomic E-state index is 5.25. The fourth-order valence-corrected chi connectivity index (χ4v) is 3.30. The van der Waals surface area contributed by atoms with Gasteiger partial charge in [-0.15, -0.1) is 11.3 Å². The van der Waals surface area contributed by atoms with Crippen LogP contribution in [0, 0.1) is 0 Å². The van der Waals surface area contributed by atoms with E-state index in [4.69, 9.17) is 9.72 Å². The highest BCUT2D eigenvalue weighted by Crippen LogP contribution is 2.29. The molecule has 1 aromatic rings. The maximum absolute atomic E-state index is 5.25. The van der Waals surface area contributed by atoms with Crippen molar-refractivity contribution in [2.75, 3.05) is 31.6 Å². The van der Waals surface area contributed by atoms with Crippen LogP contribution in [0.4, 0.5) is 5.13 Å². The summed E-state index contributed by atoms with van der Waals surface area (Å²) in [5.74, 6) is 0. The van der Waals surface area contributed by atoms with Crippen LogP contribution in [0.1, 0.15) is 36.8 Å². The topological polar surface area (TPSA) is 37.4 Å². The van der Waals surface area contributed by atoms with Gasteiger partial charge >= 0.3 is 0 Å². The van der Waals surface area contributed by atoms with E-state index in [1.54, 1.807) is 7.11 Å². The lowest BCUT2D eigenvalue weighted by Gasteiger charge is -2.25. The summed E-state index contributed by atoms with van der Waals surface area (Å²) < 4.78 is 5.25. The van der Waals surface area contributed by atoms with E-state index in [0.717, 1.165) is 31.9 Å². The van der Waals surface area contributed by atoms with E-state index in [9.17, 15) is 0 Å². The Balaban J connectivity index is 2.09. The van der Waals surface area contributed by atoms with Gasteiger partial charge in [-0.25, -0.2) is 4.98 Å². The summed E-state index contributed by atoms with van der Waals surface area (Å²) in [5.41, 5.74) is 1.10. The molecule has 0 unspecified atom stereocenters. The van der Waals surface area contributed by atoms with Crippen LogP contribution in [-0.4, -0.2) is 31.7 Å². The van der Waals surface area contributed by atoms with Crippen molar-refractivity contribution in [2.24, 2.45) is 0 Å². The molecule has 0 saturated carbocycles. The van der Waals surface area contributed by atoms with Crippen molar-refractivity contribution in [3.8, 4) is 0 Å². The first-order valence-electron chi connectivity index (χ1n) is 6.78. The number of ether oxygens (including phenoxy) is 1. The van der Waals surface area contributed by atoms with Gasteiger partial charge in [-0.3, -0.25) is 0 Å². The summed E-state index contributed by atoms with van der Waals surface area (Å²) in [6, 6.07) is 0. The Bertz CT molecular complexity index is 361. The van der Waals surface area contributed by atoms with Gasteiger partial charge in [0.2, 0.25) is 0 Å². The molecule has 5 heteroatoms. The van der Waals surface area contributed by atoms with Gasteiger partial charge < -0.3 is 15.0 Å². The number of rotatable bonds is 6. The van der Waals surface area contributed by atoms with Crippen molar-refractivity contribution in [2.45, 2.75) is 39.3 Å². The van der Waals surface area contributed by atoms with E-state index in [1.807, 2.05) is 11.3 Å². The van der Waals surface area contributed by atoms with E-state index in [2.05, 4.69) is 17.1 Å². The van der Waals surface area contributed by atoms with Crippen molar-refractivity contribution in [1.29, 1.82) is 0 Å². The van der Waals surface area contributed by atoms with E-state index in [-0.39, 0.29) is 0 Å². The molecule has 1 fully saturated rings. The first-order valence-corrected chi connectivity index (χ1v) is 7.60. The number of nitrogens with one attached hydrogen (secondary N) is 1. The van der Waals surface area contributed by atoms with Gasteiger partial charge in [-0.1, -0.05) is 6.92 Å². The van der Waals surface area contributed by atoms with Gasteiger partial charge in [0.05, 0.1) is 12.3 Å². The zero-order valence-electron chi connectivity index (χ0n) is 11.4. The Labute approximate surface area is 113 Å². The fourth-order valence-electron chi connectivity index (χ4n) is 2.22. The van der Waals surface area contributed by atoms with Crippen LogP contribution in [0.25, 0.3) is 0 Å². The molecule has 4 nitrogen and oxygen atoms in total. The second-order valence-electron chi connectivity index (χ2n) is 4.63. The number of anilines is 1. The average molecular weight is 269 g/mol. The largest absolute Gasteiger partial charge is 0.378 e. The monoisotopic (exact) mass is 269 g/mol. The SMILES string of the molecule is CCNCc1sc(N2CCCCC2)nc1COC. The second-order valence-corrected chi connectivity index (χ2v) is 5.69. The third kappa shape index (κ3) is 3.43. The van der Waals surface area contributed by atoms with Crippen molar-refractivity contribution < 1.29 is 4.74 Å². The van der Waals surface area contributed by atoms with Crippen molar-refractivity contribution >= 4 is 16.5 Å². The molecule has 18 heavy (non-hydrogen) atoms. The summed E-state index contributed by atoms with van der Waals surface area (Å²) in [7, 11) is 1.73. The van der Waals surface area contributed by atoms with Gasteiger partial charge in [0.15, 0.2) is 5.13 Å². The molecule has 0 aliphatic carbocycles. The number of aromatic nitrogens is 1. The number of methoxy groups -OCH3 is 1. The third-order valence-corrected chi connectivity index (χ3v) is 4.37. The Morgan fingerprint density at radius 3 is 2.78 bits per heavy atom. The lowest BCUT2D eigenvalue weighted by Crippen LogP contribution is -2.29. The number of hydrogen-bond acceptors (Lipinski definition) is 5. The standard InChI is InChI=1S/C13H23N3OS/c1-3-14-9-12-11(10-17-2)15-13(18-12)16-7-5-4-6-8-16/h14H,3-10H2,1-2H3. The molecule has 1 aliphatic heterocycles. The molecule has 0 spiro atoms. The van der Waals surface area contributed by atoms with Gasteiger partial charge in [-0.2, -0.15) is 0 Å². The molecule has 0 atom stereocenters. The molecule has 2 rings (SSSR count).